The van der Waals surface area contributed by atoms with E-state index in [4.69, 9.17) is 4.74 Å². The zero-order valence-electron chi connectivity index (χ0n) is 14.3. The molecule has 1 aromatic rings. The summed E-state index contributed by atoms with van der Waals surface area (Å²) in [6, 6.07) is 6.77. The Morgan fingerprint density at radius 1 is 1.28 bits per heavy atom. The highest BCUT2D eigenvalue weighted by Crippen LogP contribution is 2.35. The molecule has 1 spiro atoms. The van der Waals surface area contributed by atoms with E-state index < -0.39 is 11.6 Å². The van der Waals surface area contributed by atoms with Crippen LogP contribution in [-0.4, -0.2) is 41.4 Å². The number of carbonyl (C=O) groups excluding carboxylic acids is 3. The lowest BCUT2D eigenvalue weighted by Gasteiger charge is -2.20. The van der Waals surface area contributed by atoms with Crippen LogP contribution in [0.2, 0.25) is 0 Å². The number of carbonyl (C=O) groups is 3. The van der Waals surface area contributed by atoms with Gasteiger partial charge in [0.1, 0.15) is 11.3 Å². The Bertz CT molecular complexity index is 683. The van der Waals surface area contributed by atoms with Gasteiger partial charge in [-0.3, -0.25) is 14.5 Å². The van der Waals surface area contributed by atoms with E-state index in [-0.39, 0.29) is 24.8 Å². The number of imide groups is 1. The van der Waals surface area contributed by atoms with Crippen LogP contribution in [0, 0.1) is 0 Å². The Kier molecular flexibility index (Phi) is 4.92. The van der Waals surface area contributed by atoms with E-state index in [1.165, 1.54) is 4.90 Å². The highest BCUT2D eigenvalue weighted by atomic mass is 16.5. The number of amides is 4. The first-order chi connectivity index (χ1) is 12.1. The van der Waals surface area contributed by atoms with Crippen LogP contribution in [0.25, 0.3) is 0 Å². The molecule has 25 heavy (non-hydrogen) atoms. The topological polar surface area (TPSA) is 87.7 Å². The van der Waals surface area contributed by atoms with Crippen molar-refractivity contribution in [1.82, 2.24) is 10.2 Å². The number of rotatable bonds is 6. The van der Waals surface area contributed by atoms with E-state index in [9.17, 15) is 14.4 Å². The fourth-order valence-electron chi connectivity index (χ4n) is 3.47. The van der Waals surface area contributed by atoms with E-state index in [1.54, 1.807) is 18.2 Å². The van der Waals surface area contributed by atoms with Crippen molar-refractivity contribution >= 4 is 23.5 Å². The van der Waals surface area contributed by atoms with Gasteiger partial charge in [0, 0.05) is 13.0 Å². The summed E-state index contributed by atoms with van der Waals surface area (Å²) in [5.74, 6) is 0.135. The van der Waals surface area contributed by atoms with E-state index in [0.717, 1.165) is 12.8 Å². The molecule has 3 rings (SSSR count). The number of para-hydroxylation sites is 2. The molecular weight excluding hydrogens is 322 g/mol. The first kappa shape index (κ1) is 17.3. The molecule has 2 fully saturated rings. The minimum absolute atomic E-state index is 0.0513. The molecule has 0 aromatic heterocycles. The molecule has 7 nitrogen and oxygen atoms in total. The summed E-state index contributed by atoms with van der Waals surface area (Å²) < 4.78 is 5.47. The number of hydrogen-bond acceptors (Lipinski definition) is 4. The maximum atomic E-state index is 12.5. The normalized spacial score (nSPS) is 18.5. The summed E-state index contributed by atoms with van der Waals surface area (Å²) in [5.41, 5.74) is -0.145. The van der Waals surface area contributed by atoms with Gasteiger partial charge in [0.15, 0.2) is 0 Å². The molecule has 1 aliphatic carbocycles. The van der Waals surface area contributed by atoms with Crippen molar-refractivity contribution in [2.45, 2.75) is 44.6 Å². The van der Waals surface area contributed by atoms with E-state index >= 15 is 0 Å². The zero-order chi connectivity index (χ0) is 17.9. The van der Waals surface area contributed by atoms with Gasteiger partial charge in [-0.1, -0.05) is 25.0 Å². The smallest absolute Gasteiger partial charge is 0.325 e. The first-order valence-corrected chi connectivity index (χ1v) is 8.71. The number of nitrogens with one attached hydrogen (secondary N) is 2. The molecule has 134 valence electrons. The van der Waals surface area contributed by atoms with Crippen LogP contribution in [0.1, 0.15) is 39.0 Å². The molecule has 7 heteroatoms. The number of ether oxygens (including phenoxy) is 1. The van der Waals surface area contributed by atoms with Crippen LogP contribution in [0.5, 0.6) is 5.75 Å². The van der Waals surface area contributed by atoms with Crippen LogP contribution in [0.3, 0.4) is 0 Å². The number of anilines is 1. The highest BCUT2D eigenvalue weighted by molar-refractivity contribution is 6.07. The minimum atomic E-state index is -0.727. The molecule has 0 unspecified atom stereocenters. The number of nitrogens with zero attached hydrogens (tertiary/aromatic N) is 1. The van der Waals surface area contributed by atoms with Gasteiger partial charge in [0.2, 0.25) is 5.91 Å². The molecule has 1 aliphatic heterocycles. The van der Waals surface area contributed by atoms with Crippen LogP contribution in [0.4, 0.5) is 10.5 Å². The number of hydrogen-bond donors (Lipinski definition) is 2. The number of urea groups is 1. The molecule has 1 aromatic carbocycles. The molecule has 2 N–H and O–H groups in total. The number of benzene rings is 1. The second-order valence-corrected chi connectivity index (χ2v) is 6.40. The van der Waals surface area contributed by atoms with Crippen LogP contribution < -0.4 is 15.4 Å². The minimum Gasteiger partial charge on any atom is -0.492 e. The lowest BCUT2D eigenvalue weighted by atomic mass is 9.98. The van der Waals surface area contributed by atoms with Gasteiger partial charge in [0.05, 0.1) is 12.3 Å². The van der Waals surface area contributed by atoms with Crippen LogP contribution >= 0.6 is 0 Å². The maximum absolute atomic E-state index is 12.5. The lowest BCUT2D eigenvalue weighted by Crippen LogP contribution is -2.44. The lowest BCUT2D eigenvalue weighted by molar-refractivity contribution is -0.131. The van der Waals surface area contributed by atoms with Crippen molar-refractivity contribution in [3.05, 3.63) is 24.3 Å². The van der Waals surface area contributed by atoms with Gasteiger partial charge >= 0.3 is 6.03 Å². The highest BCUT2D eigenvalue weighted by Gasteiger charge is 2.52. The maximum Gasteiger partial charge on any atom is 0.325 e. The molecule has 1 saturated heterocycles. The average Bonchev–Trinajstić information content (AvgIpc) is 3.14. The standard InChI is InChI=1S/C18H23N3O4/c1-2-25-14-8-4-3-7-13(14)19-15(22)9-12-21-16(23)18(20-17(21)24)10-5-6-11-18/h3-4,7-8H,2,5-6,9-12H2,1H3,(H,19,22)(H,20,24). The summed E-state index contributed by atoms with van der Waals surface area (Å²) >= 11 is 0. The van der Waals surface area contributed by atoms with Crippen LogP contribution in [-0.2, 0) is 9.59 Å². The van der Waals surface area contributed by atoms with Gasteiger partial charge in [-0.25, -0.2) is 4.79 Å². The van der Waals surface area contributed by atoms with Gasteiger partial charge < -0.3 is 15.4 Å². The van der Waals surface area contributed by atoms with Crippen molar-refractivity contribution in [3.63, 3.8) is 0 Å². The molecule has 4 amide bonds. The second-order valence-electron chi connectivity index (χ2n) is 6.40. The third-order valence-corrected chi connectivity index (χ3v) is 4.73. The monoisotopic (exact) mass is 345 g/mol. The third-order valence-electron chi connectivity index (χ3n) is 4.73. The molecule has 0 radical (unpaired) electrons. The van der Waals surface area contributed by atoms with Crippen molar-refractivity contribution in [3.8, 4) is 5.75 Å². The first-order valence-electron chi connectivity index (χ1n) is 8.71. The Morgan fingerprint density at radius 3 is 2.72 bits per heavy atom. The Hall–Kier alpha value is -2.57. The van der Waals surface area contributed by atoms with Gasteiger partial charge in [-0.2, -0.15) is 0 Å². The molecule has 0 bridgehead atoms. The predicted octanol–water partition coefficient (Wildman–Crippen LogP) is 2.28. The molecule has 1 heterocycles. The quantitative estimate of drug-likeness (QED) is 0.774. The van der Waals surface area contributed by atoms with E-state index in [0.29, 0.717) is 30.9 Å². The van der Waals surface area contributed by atoms with Crippen LogP contribution in [0.15, 0.2) is 24.3 Å². The third kappa shape index (κ3) is 3.45. The molecule has 2 aliphatic rings. The fourth-order valence-corrected chi connectivity index (χ4v) is 3.47. The largest absolute Gasteiger partial charge is 0.492 e. The Balaban J connectivity index is 1.58. The zero-order valence-corrected chi connectivity index (χ0v) is 14.3. The second kappa shape index (κ2) is 7.13. The molecular formula is C18H23N3O4. The van der Waals surface area contributed by atoms with Crippen molar-refractivity contribution < 1.29 is 19.1 Å². The van der Waals surface area contributed by atoms with Crippen molar-refractivity contribution in [2.24, 2.45) is 0 Å². The molecule has 1 saturated carbocycles. The van der Waals surface area contributed by atoms with Crippen molar-refractivity contribution in [1.29, 1.82) is 0 Å². The van der Waals surface area contributed by atoms with E-state index in [1.807, 2.05) is 13.0 Å². The predicted molar refractivity (Wildman–Crippen MR) is 92.3 cm³/mol. The average molecular weight is 345 g/mol. The van der Waals surface area contributed by atoms with Gasteiger partial charge in [0.25, 0.3) is 5.91 Å². The summed E-state index contributed by atoms with van der Waals surface area (Å²) in [6.45, 7) is 2.45. The Labute approximate surface area is 146 Å². The summed E-state index contributed by atoms with van der Waals surface area (Å²) in [4.78, 5) is 38.0. The summed E-state index contributed by atoms with van der Waals surface area (Å²) in [6.07, 6.45) is 3.29. The summed E-state index contributed by atoms with van der Waals surface area (Å²) in [5, 5.41) is 5.59. The SMILES string of the molecule is CCOc1ccccc1NC(=O)CCN1C(=O)NC2(CCCC2)C1=O. The molecule has 0 atom stereocenters. The Morgan fingerprint density at radius 2 is 2.00 bits per heavy atom. The van der Waals surface area contributed by atoms with E-state index in [2.05, 4.69) is 10.6 Å². The summed E-state index contributed by atoms with van der Waals surface area (Å²) in [7, 11) is 0. The van der Waals surface area contributed by atoms with Gasteiger partial charge in [-0.15, -0.1) is 0 Å². The van der Waals surface area contributed by atoms with Gasteiger partial charge in [-0.05, 0) is 31.9 Å². The van der Waals surface area contributed by atoms with Crippen molar-refractivity contribution in [2.75, 3.05) is 18.5 Å². The fraction of sp³-hybridized carbons (Fsp3) is 0.500.